The highest BCUT2D eigenvalue weighted by Crippen LogP contribution is 2.22. The van der Waals surface area contributed by atoms with Crippen molar-refractivity contribution >= 4 is 11.8 Å². The van der Waals surface area contributed by atoms with Crippen LogP contribution in [-0.2, 0) is 9.59 Å². The predicted molar refractivity (Wildman–Crippen MR) is 62.9 cm³/mol. The normalized spacial score (nSPS) is 24.9. The van der Waals surface area contributed by atoms with Gasteiger partial charge in [0.25, 0.3) is 0 Å². The fourth-order valence-electron chi connectivity index (χ4n) is 1.84. The van der Waals surface area contributed by atoms with Crippen molar-refractivity contribution in [3.05, 3.63) is 0 Å². The zero-order chi connectivity index (χ0) is 12.5. The molecular weight excluding hydrogens is 204 g/mol. The molecule has 0 aliphatic carbocycles. The van der Waals surface area contributed by atoms with Crippen LogP contribution in [0.25, 0.3) is 0 Å². The van der Waals surface area contributed by atoms with E-state index in [-0.39, 0.29) is 11.8 Å². The molecule has 0 aromatic carbocycles. The minimum atomic E-state index is -0.724. The van der Waals surface area contributed by atoms with Gasteiger partial charge in [-0.1, -0.05) is 13.8 Å². The van der Waals surface area contributed by atoms with Gasteiger partial charge in [-0.05, 0) is 33.1 Å². The summed E-state index contributed by atoms with van der Waals surface area (Å²) >= 11 is 0. The molecule has 2 amide bonds. The van der Waals surface area contributed by atoms with E-state index in [2.05, 4.69) is 19.2 Å². The Hall–Kier alpha value is -1.06. The Morgan fingerprint density at radius 3 is 2.44 bits per heavy atom. The Bertz CT molecular complexity index is 297. The maximum atomic E-state index is 12.0. The molecule has 1 unspecified atom stereocenters. The van der Waals surface area contributed by atoms with Gasteiger partial charge in [0.1, 0.15) is 11.6 Å². The Kier molecular flexibility index (Phi) is 3.61. The topological polar surface area (TPSA) is 49.4 Å². The molecule has 1 rings (SSSR count). The maximum Gasteiger partial charge on any atom is 0.246 e. The largest absolute Gasteiger partial charge is 0.343 e. The lowest BCUT2D eigenvalue weighted by Crippen LogP contribution is -2.67. The van der Waals surface area contributed by atoms with Crippen molar-refractivity contribution in [3.8, 4) is 0 Å². The SMILES string of the molecule is CC(C)CCN1C(=O)C(C)NC(=O)C1(C)C. The Morgan fingerprint density at radius 1 is 1.38 bits per heavy atom. The van der Waals surface area contributed by atoms with Gasteiger partial charge in [-0.25, -0.2) is 0 Å². The molecule has 1 aliphatic rings. The van der Waals surface area contributed by atoms with Crippen molar-refractivity contribution in [2.75, 3.05) is 6.54 Å². The molecule has 4 nitrogen and oxygen atoms in total. The minimum absolute atomic E-state index is 0.0188. The van der Waals surface area contributed by atoms with Crippen molar-refractivity contribution in [1.82, 2.24) is 10.2 Å². The van der Waals surface area contributed by atoms with Crippen LogP contribution >= 0.6 is 0 Å². The molecule has 1 saturated heterocycles. The number of hydrogen-bond donors (Lipinski definition) is 1. The van der Waals surface area contributed by atoms with E-state index in [9.17, 15) is 9.59 Å². The van der Waals surface area contributed by atoms with Crippen LogP contribution in [-0.4, -0.2) is 34.8 Å². The van der Waals surface area contributed by atoms with Gasteiger partial charge in [0, 0.05) is 6.54 Å². The highest BCUT2D eigenvalue weighted by atomic mass is 16.2. The maximum absolute atomic E-state index is 12.0. The first-order chi connectivity index (χ1) is 7.26. The third-order valence-electron chi connectivity index (χ3n) is 3.14. The third-order valence-corrected chi connectivity index (χ3v) is 3.14. The second-order valence-electron chi connectivity index (χ2n) is 5.43. The average molecular weight is 226 g/mol. The van der Waals surface area contributed by atoms with Crippen LogP contribution in [0.5, 0.6) is 0 Å². The van der Waals surface area contributed by atoms with Crippen LogP contribution in [0.2, 0.25) is 0 Å². The van der Waals surface area contributed by atoms with Gasteiger partial charge in [0.15, 0.2) is 0 Å². The van der Waals surface area contributed by atoms with E-state index in [1.165, 1.54) is 0 Å². The van der Waals surface area contributed by atoms with Crippen LogP contribution in [0.1, 0.15) is 41.0 Å². The molecule has 0 saturated carbocycles. The van der Waals surface area contributed by atoms with Gasteiger partial charge in [0.2, 0.25) is 11.8 Å². The Morgan fingerprint density at radius 2 is 1.94 bits per heavy atom. The molecule has 4 heteroatoms. The van der Waals surface area contributed by atoms with E-state index >= 15 is 0 Å². The van der Waals surface area contributed by atoms with E-state index in [0.717, 1.165) is 6.42 Å². The molecule has 1 fully saturated rings. The van der Waals surface area contributed by atoms with Gasteiger partial charge in [-0.3, -0.25) is 9.59 Å². The third kappa shape index (κ3) is 2.36. The number of nitrogens with one attached hydrogen (secondary N) is 1. The van der Waals surface area contributed by atoms with Gasteiger partial charge in [-0.2, -0.15) is 0 Å². The number of amides is 2. The minimum Gasteiger partial charge on any atom is -0.343 e. The molecular formula is C12H22N2O2. The van der Waals surface area contributed by atoms with Crippen molar-refractivity contribution < 1.29 is 9.59 Å². The predicted octanol–water partition coefficient (Wildman–Crippen LogP) is 1.16. The second-order valence-corrected chi connectivity index (χ2v) is 5.43. The standard InChI is InChI=1S/C12H22N2O2/c1-8(2)6-7-14-10(15)9(3)13-11(16)12(14,4)5/h8-9H,6-7H2,1-5H3,(H,13,16). The van der Waals surface area contributed by atoms with E-state index in [4.69, 9.17) is 0 Å². The number of nitrogens with zero attached hydrogens (tertiary/aromatic N) is 1. The van der Waals surface area contributed by atoms with E-state index in [0.29, 0.717) is 12.5 Å². The molecule has 92 valence electrons. The first kappa shape index (κ1) is 13.0. The lowest BCUT2D eigenvalue weighted by Gasteiger charge is -2.43. The number of rotatable bonds is 3. The molecule has 1 atom stereocenters. The molecule has 0 bridgehead atoms. The van der Waals surface area contributed by atoms with Crippen LogP contribution in [0.3, 0.4) is 0 Å². The summed E-state index contributed by atoms with van der Waals surface area (Å²) < 4.78 is 0. The quantitative estimate of drug-likeness (QED) is 0.785. The van der Waals surface area contributed by atoms with Crippen LogP contribution in [0, 0.1) is 5.92 Å². The van der Waals surface area contributed by atoms with Crippen LogP contribution < -0.4 is 5.32 Å². The lowest BCUT2D eigenvalue weighted by atomic mass is 9.95. The summed E-state index contributed by atoms with van der Waals surface area (Å²) in [5, 5.41) is 2.71. The lowest BCUT2D eigenvalue weighted by molar-refractivity contribution is -0.154. The van der Waals surface area contributed by atoms with E-state index in [1.54, 1.807) is 25.7 Å². The summed E-state index contributed by atoms with van der Waals surface area (Å²) in [5.41, 5.74) is -0.724. The molecule has 1 N–H and O–H groups in total. The smallest absolute Gasteiger partial charge is 0.246 e. The van der Waals surface area contributed by atoms with Gasteiger partial charge < -0.3 is 10.2 Å². The van der Waals surface area contributed by atoms with Gasteiger partial charge in [-0.15, -0.1) is 0 Å². The van der Waals surface area contributed by atoms with Crippen LogP contribution in [0.15, 0.2) is 0 Å². The summed E-state index contributed by atoms with van der Waals surface area (Å²) in [5.74, 6) is 0.484. The molecule has 1 heterocycles. The zero-order valence-corrected chi connectivity index (χ0v) is 10.8. The highest BCUT2D eigenvalue weighted by molar-refractivity contribution is 5.99. The number of piperazine rings is 1. The summed E-state index contributed by atoms with van der Waals surface area (Å²) in [6.45, 7) is 10.2. The van der Waals surface area contributed by atoms with Crippen LogP contribution in [0.4, 0.5) is 0 Å². The Labute approximate surface area is 97.4 Å². The number of carbonyl (C=O) groups is 2. The first-order valence-electron chi connectivity index (χ1n) is 5.89. The molecule has 1 aliphatic heterocycles. The van der Waals surface area contributed by atoms with E-state index < -0.39 is 11.6 Å². The van der Waals surface area contributed by atoms with Crippen molar-refractivity contribution in [1.29, 1.82) is 0 Å². The zero-order valence-electron chi connectivity index (χ0n) is 10.8. The van der Waals surface area contributed by atoms with E-state index in [1.807, 2.05) is 0 Å². The fraction of sp³-hybridized carbons (Fsp3) is 0.833. The summed E-state index contributed by atoms with van der Waals surface area (Å²) in [4.78, 5) is 25.5. The van der Waals surface area contributed by atoms with Crippen molar-refractivity contribution in [2.45, 2.75) is 52.6 Å². The first-order valence-corrected chi connectivity index (χ1v) is 5.89. The van der Waals surface area contributed by atoms with Crippen molar-refractivity contribution in [2.24, 2.45) is 5.92 Å². The molecule has 0 aromatic heterocycles. The molecule has 0 aromatic rings. The number of hydrogen-bond acceptors (Lipinski definition) is 2. The monoisotopic (exact) mass is 226 g/mol. The number of carbonyl (C=O) groups excluding carboxylic acids is 2. The Balaban J connectivity index is 2.82. The van der Waals surface area contributed by atoms with Crippen molar-refractivity contribution in [3.63, 3.8) is 0 Å². The molecule has 0 radical (unpaired) electrons. The fourth-order valence-corrected chi connectivity index (χ4v) is 1.84. The summed E-state index contributed by atoms with van der Waals surface area (Å²) in [6.07, 6.45) is 0.926. The average Bonchev–Trinajstić information content (AvgIpc) is 2.14. The van der Waals surface area contributed by atoms with Gasteiger partial charge in [0.05, 0.1) is 0 Å². The molecule has 16 heavy (non-hydrogen) atoms. The highest BCUT2D eigenvalue weighted by Gasteiger charge is 2.44. The second kappa shape index (κ2) is 4.44. The van der Waals surface area contributed by atoms with Gasteiger partial charge >= 0.3 is 0 Å². The summed E-state index contributed by atoms with van der Waals surface area (Å²) in [6, 6.07) is -0.396. The summed E-state index contributed by atoms with van der Waals surface area (Å²) in [7, 11) is 0. The molecule has 0 spiro atoms.